The molecule has 0 fully saturated rings. The van der Waals surface area contributed by atoms with Crippen LogP contribution in [-0.2, 0) is 17.1 Å². The second-order valence-electron chi connectivity index (χ2n) is 4.70. The van der Waals surface area contributed by atoms with Crippen LogP contribution < -0.4 is 4.57 Å². The zero-order valence-corrected chi connectivity index (χ0v) is 13.1. The van der Waals surface area contributed by atoms with E-state index in [4.69, 9.17) is 0 Å². The summed E-state index contributed by atoms with van der Waals surface area (Å²) in [6.45, 7) is 0. The average Bonchev–Trinajstić information content (AvgIpc) is 3.32. The van der Waals surface area contributed by atoms with Gasteiger partial charge in [0.05, 0.1) is 0 Å². The van der Waals surface area contributed by atoms with Crippen molar-refractivity contribution in [3.63, 3.8) is 0 Å². The largest absolute Gasteiger partial charge is 0.250 e. The van der Waals surface area contributed by atoms with Crippen LogP contribution in [0.25, 0.3) is 16.8 Å². The molecule has 0 aliphatic heterocycles. The fourth-order valence-corrected chi connectivity index (χ4v) is 2.16. The second-order valence-corrected chi connectivity index (χ2v) is 4.70. The Morgan fingerprint density at radius 1 is 0.818 bits per heavy atom. The van der Waals surface area contributed by atoms with Crippen LogP contribution in [0.15, 0.2) is 97.6 Å². The molecule has 0 saturated heterocycles. The van der Waals surface area contributed by atoms with Crippen molar-refractivity contribution in [2.75, 3.05) is 0 Å². The summed E-state index contributed by atoms with van der Waals surface area (Å²) in [4.78, 5) is 3.03. The molecule has 1 heterocycles. The number of hydrogen-bond acceptors (Lipinski definition) is 0. The number of nitrogens with zero attached hydrogens (tertiary/aromatic N) is 1. The van der Waals surface area contributed by atoms with Crippen LogP contribution in [0.3, 0.4) is 0 Å². The van der Waals surface area contributed by atoms with Crippen molar-refractivity contribution in [3.05, 3.63) is 97.6 Å². The minimum absolute atomic E-state index is 0. The molecule has 0 spiro atoms. The molecule has 0 bridgehead atoms. The number of H-pyrrole nitrogens is 1. The van der Waals surface area contributed by atoms with Gasteiger partial charge in [-0.25, -0.2) is 27.8 Å². The van der Waals surface area contributed by atoms with Gasteiger partial charge < -0.3 is 0 Å². The summed E-state index contributed by atoms with van der Waals surface area (Å²) in [5.41, 5.74) is 3.69. The van der Waals surface area contributed by atoms with E-state index < -0.39 is 0 Å². The van der Waals surface area contributed by atoms with Crippen molar-refractivity contribution >= 4 is 0 Å². The van der Waals surface area contributed by atoms with Crippen LogP contribution in [-0.4, -0.2) is 4.98 Å². The summed E-state index contributed by atoms with van der Waals surface area (Å²) in [5.74, 6) is 0. The molecule has 4 rings (SSSR count). The van der Waals surface area contributed by atoms with E-state index in [0.29, 0.717) is 0 Å². The van der Waals surface area contributed by atoms with E-state index in [-0.39, 0.29) is 17.1 Å². The van der Waals surface area contributed by atoms with Gasteiger partial charge in [0.15, 0.2) is 0 Å². The number of imidazole rings is 1. The normalized spacial score (nSPS) is 9.45. The molecular weight excluding hydrogens is 312 g/mol. The molecule has 0 saturated carbocycles. The molecule has 1 N–H and O–H groups in total. The Morgan fingerprint density at radius 2 is 1.59 bits per heavy atom. The molecule has 112 valence electrons. The summed E-state index contributed by atoms with van der Waals surface area (Å²) < 4.78 is 2.05. The minimum Gasteiger partial charge on any atom is -0.250 e. The van der Waals surface area contributed by atoms with Crippen LogP contribution in [0.5, 0.6) is 0 Å². The second kappa shape index (κ2) is 8.18. The number of hydrogen-bond donors (Lipinski definition) is 1. The van der Waals surface area contributed by atoms with Gasteiger partial charge in [0.1, 0.15) is 18.1 Å². The number of rotatable bonds is 2. The molecule has 0 amide bonds. The van der Waals surface area contributed by atoms with Crippen molar-refractivity contribution in [1.82, 2.24) is 4.98 Å². The number of aromatic amines is 1. The molecule has 22 heavy (non-hydrogen) atoms. The Bertz CT molecular complexity index is 651. The van der Waals surface area contributed by atoms with Crippen molar-refractivity contribution in [2.24, 2.45) is 0 Å². The number of aromatic nitrogens is 2. The monoisotopic (exact) mass is 329 g/mol. The molecule has 0 aliphatic rings. The third-order valence-corrected chi connectivity index (χ3v) is 3.26. The van der Waals surface area contributed by atoms with Crippen molar-refractivity contribution in [2.45, 2.75) is 0 Å². The zero-order valence-electron chi connectivity index (χ0n) is 12.0. The van der Waals surface area contributed by atoms with Gasteiger partial charge in [0, 0.05) is 17.1 Å². The molecule has 4 aromatic rings. The van der Waals surface area contributed by atoms with Crippen molar-refractivity contribution < 1.29 is 21.6 Å². The quantitative estimate of drug-likeness (QED) is 0.325. The Morgan fingerprint density at radius 3 is 2.09 bits per heavy atom. The summed E-state index contributed by atoms with van der Waals surface area (Å²) in [7, 11) is 0. The topological polar surface area (TPSA) is 19.7 Å². The van der Waals surface area contributed by atoms with Crippen molar-refractivity contribution in [1.29, 1.82) is 0 Å². The number of nitrogens with one attached hydrogen (secondary N) is 1. The molecule has 0 atom stereocenters. The minimum atomic E-state index is 0. The van der Waals surface area contributed by atoms with E-state index >= 15 is 0 Å². The maximum atomic E-state index is 3.03. The van der Waals surface area contributed by atoms with Crippen LogP contribution in [0.4, 0.5) is 0 Å². The van der Waals surface area contributed by atoms with E-state index in [1.54, 1.807) is 0 Å². The average molecular weight is 329 g/mol. The van der Waals surface area contributed by atoms with Gasteiger partial charge in [-0.1, -0.05) is 17.7 Å². The third-order valence-electron chi connectivity index (χ3n) is 3.26. The van der Waals surface area contributed by atoms with Crippen molar-refractivity contribution in [3.8, 4) is 16.8 Å². The van der Waals surface area contributed by atoms with Crippen LogP contribution in [0.1, 0.15) is 0 Å². The maximum absolute atomic E-state index is 3.03. The Balaban J connectivity index is 0.000000253. The maximum Gasteiger partial charge on any atom is 0.246 e. The summed E-state index contributed by atoms with van der Waals surface area (Å²) in [6, 6.07) is 26.9. The van der Waals surface area contributed by atoms with Gasteiger partial charge in [0.25, 0.3) is 0 Å². The van der Waals surface area contributed by atoms with Crippen LogP contribution >= 0.6 is 0 Å². The van der Waals surface area contributed by atoms with E-state index in [1.807, 2.05) is 49.1 Å². The van der Waals surface area contributed by atoms with Gasteiger partial charge >= 0.3 is 0 Å². The molecule has 3 heteroatoms. The molecule has 0 unspecified atom stereocenters. The first-order valence-electron chi connectivity index (χ1n) is 6.97. The van der Waals surface area contributed by atoms with E-state index in [0.717, 1.165) is 5.69 Å². The summed E-state index contributed by atoms with van der Waals surface area (Å²) in [5, 5.41) is 0. The van der Waals surface area contributed by atoms with Crippen LogP contribution in [0.2, 0.25) is 0 Å². The summed E-state index contributed by atoms with van der Waals surface area (Å²) in [6.07, 6.45) is 5.83. The predicted octanol–water partition coefficient (Wildman–Crippen LogP) is 4.08. The van der Waals surface area contributed by atoms with Gasteiger partial charge in [-0.15, -0.1) is 0 Å². The third kappa shape index (κ3) is 4.08. The fraction of sp³-hybridized carbons (Fsp3) is 0. The first-order valence-corrected chi connectivity index (χ1v) is 6.97. The predicted molar refractivity (Wildman–Crippen MR) is 85.4 cm³/mol. The summed E-state index contributed by atoms with van der Waals surface area (Å²) >= 11 is 0. The number of benzene rings is 1. The molecular formula is C19H17FeN2-. The molecule has 0 aliphatic carbocycles. The van der Waals surface area contributed by atoms with E-state index in [9.17, 15) is 0 Å². The molecule has 2 nitrogen and oxygen atoms in total. The van der Waals surface area contributed by atoms with Crippen LogP contribution in [0, 0.1) is 0 Å². The van der Waals surface area contributed by atoms with Gasteiger partial charge in [-0.3, -0.25) is 0 Å². The molecule has 3 aromatic carbocycles. The van der Waals surface area contributed by atoms with Gasteiger partial charge in [-0.05, 0) is 12.1 Å². The zero-order chi connectivity index (χ0) is 14.3. The first kappa shape index (κ1) is 16.0. The fourth-order valence-electron chi connectivity index (χ4n) is 2.16. The molecule has 1 aromatic heterocycles. The van der Waals surface area contributed by atoms with Gasteiger partial charge in [0.2, 0.25) is 6.33 Å². The van der Waals surface area contributed by atoms with Gasteiger partial charge in [-0.2, -0.15) is 42.0 Å². The smallest absolute Gasteiger partial charge is 0.246 e. The Labute approximate surface area is 141 Å². The standard InChI is InChI=1S/C14H11N2.C5H5.Fe/c1-2-4-12(3-1)13-5-7-14(8-6-13)16-10-9-15-11-16;1-2-4-5-3-1;/h1-11H;1-5H;/q2*-1;/p+1. The van der Waals surface area contributed by atoms with E-state index in [2.05, 4.69) is 58.1 Å². The first-order chi connectivity index (χ1) is 10.4. The Kier molecular flexibility index (Phi) is 5.96. The van der Waals surface area contributed by atoms with E-state index in [1.165, 1.54) is 11.1 Å². The molecule has 0 radical (unpaired) electrons. The SMILES string of the molecule is [Fe].c1cc(-c2ccc(-[n+]3cc[nH]c3)cc2)c[cH-]1.c1cc[cH-]c1. The Hall–Kier alpha value is -2.35.